The molecule has 0 aliphatic heterocycles. The lowest BCUT2D eigenvalue weighted by Crippen LogP contribution is -2.22. The number of ether oxygens (including phenoxy) is 1. The van der Waals surface area contributed by atoms with Gasteiger partial charge in [-0.15, -0.1) is 0 Å². The van der Waals surface area contributed by atoms with Gasteiger partial charge in [0.25, 0.3) is 11.6 Å². The van der Waals surface area contributed by atoms with E-state index in [0.29, 0.717) is 5.71 Å². The Morgan fingerprint density at radius 3 is 2.52 bits per heavy atom. The van der Waals surface area contributed by atoms with Crippen LogP contribution in [0.2, 0.25) is 0 Å². The monoisotopic (exact) mass is 398 g/mol. The van der Waals surface area contributed by atoms with Crippen LogP contribution in [0.15, 0.2) is 47.6 Å². The molecular formula is C21H26N4O4. The van der Waals surface area contributed by atoms with Crippen LogP contribution in [-0.2, 0) is 6.54 Å². The summed E-state index contributed by atoms with van der Waals surface area (Å²) in [6.07, 6.45) is 0. The highest BCUT2D eigenvalue weighted by molar-refractivity contribution is 6.01. The average Bonchev–Trinajstić information content (AvgIpc) is 2.75. The lowest BCUT2D eigenvalue weighted by molar-refractivity contribution is -0.384. The van der Waals surface area contributed by atoms with Crippen molar-refractivity contribution in [3.63, 3.8) is 0 Å². The number of nitrogens with zero attached hydrogens (tertiary/aromatic N) is 3. The summed E-state index contributed by atoms with van der Waals surface area (Å²) < 4.78 is 5.47. The second kappa shape index (κ2) is 10.3. The van der Waals surface area contributed by atoms with Crippen LogP contribution in [0.25, 0.3) is 0 Å². The molecule has 29 heavy (non-hydrogen) atoms. The van der Waals surface area contributed by atoms with Crippen LogP contribution in [-0.4, -0.2) is 41.6 Å². The Morgan fingerprint density at radius 2 is 1.90 bits per heavy atom. The van der Waals surface area contributed by atoms with Gasteiger partial charge in [-0.1, -0.05) is 19.9 Å². The zero-order valence-corrected chi connectivity index (χ0v) is 17.1. The molecule has 2 aromatic rings. The van der Waals surface area contributed by atoms with Gasteiger partial charge in [0.1, 0.15) is 5.75 Å². The maximum atomic E-state index is 12.3. The smallest absolute Gasteiger partial charge is 0.271 e. The number of rotatable bonds is 9. The van der Waals surface area contributed by atoms with E-state index in [4.69, 9.17) is 4.74 Å². The van der Waals surface area contributed by atoms with Crippen molar-refractivity contribution in [3.8, 4) is 5.75 Å². The van der Waals surface area contributed by atoms with E-state index >= 15 is 0 Å². The predicted molar refractivity (Wildman–Crippen MR) is 112 cm³/mol. The summed E-state index contributed by atoms with van der Waals surface area (Å²) in [7, 11) is 1.64. The molecule has 0 aliphatic carbocycles. The summed E-state index contributed by atoms with van der Waals surface area (Å²) in [4.78, 5) is 24.9. The number of non-ortho nitro benzene ring substituents is 1. The number of hydrazone groups is 1. The van der Waals surface area contributed by atoms with Gasteiger partial charge in [0, 0.05) is 29.8 Å². The average molecular weight is 398 g/mol. The number of methoxy groups -OCH3 is 1. The van der Waals surface area contributed by atoms with Crippen molar-refractivity contribution in [2.75, 3.05) is 20.2 Å². The van der Waals surface area contributed by atoms with Crippen LogP contribution in [0.3, 0.4) is 0 Å². The minimum Gasteiger partial charge on any atom is -0.496 e. The lowest BCUT2D eigenvalue weighted by Gasteiger charge is -2.20. The minimum absolute atomic E-state index is 0.144. The quantitative estimate of drug-likeness (QED) is 0.395. The zero-order valence-electron chi connectivity index (χ0n) is 17.1. The Hall–Kier alpha value is -3.26. The molecule has 0 atom stereocenters. The Labute approximate surface area is 170 Å². The number of carbonyl (C=O) groups excluding carboxylic acids is 1. The second-order valence-corrected chi connectivity index (χ2v) is 6.43. The van der Waals surface area contributed by atoms with E-state index in [2.05, 4.69) is 29.3 Å². The molecule has 154 valence electrons. The number of nitro groups is 1. The fourth-order valence-electron chi connectivity index (χ4n) is 2.84. The first-order valence-corrected chi connectivity index (χ1v) is 9.38. The Kier molecular flexibility index (Phi) is 7.85. The molecule has 8 nitrogen and oxygen atoms in total. The number of nitrogens with one attached hydrogen (secondary N) is 1. The largest absolute Gasteiger partial charge is 0.496 e. The molecule has 2 rings (SSSR count). The maximum Gasteiger partial charge on any atom is 0.271 e. The highest BCUT2D eigenvalue weighted by atomic mass is 16.6. The zero-order chi connectivity index (χ0) is 21.4. The molecule has 2 aromatic carbocycles. The van der Waals surface area contributed by atoms with Gasteiger partial charge in [-0.05, 0) is 49.8 Å². The van der Waals surface area contributed by atoms with Crippen molar-refractivity contribution in [3.05, 3.63) is 69.3 Å². The summed E-state index contributed by atoms with van der Waals surface area (Å²) in [6, 6.07) is 11.3. The number of hydrogen-bond acceptors (Lipinski definition) is 6. The summed E-state index contributed by atoms with van der Waals surface area (Å²) >= 11 is 0. The van der Waals surface area contributed by atoms with Gasteiger partial charge in [-0.25, -0.2) is 5.43 Å². The topological polar surface area (TPSA) is 97.1 Å². The predicted octanol–water partition coefficient (Wildman–Crippen LogP) is 3.60. The molecule has 0 radical (unpaired) electrons. The third kappa shape index (κ3) is 5.86. The first-order chi connectivity index (χ1) is 13.9. The molecule has 0 saturated heterocycles. The Balaban J connectivity index is 2.19. The molecule has 1 N–H and O–H groups in total. The van der Waals surface area contributed by atoms with Crippen molar-refractivity contribution >= 4 is 17.3 Å². The number of carbonyl (C=O) groups is 1. The molecule has 0 aromatic heterocycles. The number of benzene rings is 2. The van der Waals surface area contributed by atoms with Gasteiger partial charge in [-0.2, -0.15) is 5.10 Å². The molecule has 0 aliphatic rings. The number of nitro benzene ring substituents is 1. The summed E-state index contributed by atoms with van der Waals surface area (Å²) in [6.45, 7) is 8.60. The standard InChI is InChI=1S/C21H26N4O4/c1-5-24(6-2)14-18-12-16(10-11-20(18)29-4)15(3)22-23-21(26)17-8-7-9-19(13-17)25(27)28/h7-13H,5-6,14H2,1-4H3,(H,23,26)/b22-15-. The van der Waals surface area contributed by atoms with Crippen molar-refractivity contribution in [1.82, 2.24) is 10.3 Å². The van der Waals surface area contributed by atoms with Crippen LogP contribution in [0, 0.1) is 10.1 Å². The van der Waals surface area contributed by atoms with Crippen molar-refractivity contribution in [1.29, 1.82) is 0 Å². The molecule has 8 heteroatoms. The van der Waals surface area contributed by atoms with E-state index in [0.717, 1.165) is 36.5 Å². The third-order valence-electron chi connectivity index (χ3n) is 4.63. The first-order valence-electron chi connectivity index (χ1n) is 9.38. The molecule has 0 heterocycles. The molecule has 0 unspecified atom stereocenters. The normalized spacial score (nSPS) is 11.4. The first kappa shape index (κ1) is 22.0. The fraction of sp³-hybridized carbons (Fsp3) is 0.333. The highest BCUT2D eigenvalue weighted by Crippen LogP contribution is 2.22. The van der Waals surface area contributed by atoms with Gasteiger partial charge >= 0.3 is 0 Å². The van der Waals surface area contributed by atoms with Crippen LogP contribution in [0.4, 0.5) is 5.69 Å². The van der Waals surface area contributed by atoms with Crippen LogP contribution in [0.5, 0.6) is 5.75 Å². The van der Waals surface area contributed by atoms with E-state index in [9.17, 15) is 14.9 Å². The molecule has 0 spiro atoms. The van der Waals surface area contributed by atoms with E-state index in [1.54, 1.807) is 14.0 Å². The van der Waals surface area contributed by atoms with Gasteiger partial charge in [0.05, 0.1) is 17.7 Å². The number of hydrogen-bond donors (Lipinski definition) is 1. The lowest BCUT2D eigenvalue weighted by atomic mass is 10.1. The third-order valence-corrected chi connectivity index (χ3v) is 4.63. The maximum absolute atomic E-state index is 12.3. The molecule has 0 fully saturated rings. The molecule has 0 saturated carbocycles. The van der Waals surface area contributed by atoms with Gasteiger partial charge in [0.2, 0.25) is 0 Å². The summed E-state index contributed by atoms with van der Waals surface area (Å²) in [5.74, 6) is 0.291. The number of amides is 1. The van der Waals surface area contributed by atoms with Crippen LogP contribution in [0.1, 0.15) is 42.3 Å². The van der Waals surface area contributed by atoms with Gasteiger partial charge in [0.15, 0.2) is 0 Å². The Morgan fingerprint density at radius 1 is 1.17 bits per heavy atom. The molecular weight excluding hydrogens is 372 g/mol. The SMILES string of the molecule is CCN(CC)Cc1cc(/C(C)=N\NC(=O)c2cccc([N+](=O)[O-])c2)ccc1OC. The molecule has 0 bridgehead atoms. The van der Waals surface area contributed by atoms with E-state index in [1.165, 1.54) is 24.3 Å². The van der Waals surface area contributed by atoms with Crippen LogP contribution >= 0.6 is 0 Å². The minimum atomic E-state index is -0.542. The van der Waals surface area contributed by atoms with E-state index in [1.807, 2.05) is 18.2 Å². The summed E-state index contributed by atoms with van der Waals surface area (Å²) in [5, 5.41) is 15.0. The van der Waals surface area contributed by atoms with Crippen molar-refractivity contribution in [2.24, 2.45) is 5.10 Å². The van der Waals surface area contributed by atoms with Crippen molar-refractivity contribution < 1.29 is 14.5 Å². The van der Waals surface area contributed by atoms with Crippen LogP contribution < -0.4 is 10.2 Å². The van der Waals surface area contributed by atoms with Gasteiger partial charge in [-0.3, -0.25) is 19.8 Å². The van der Waals surface area contributed by atoms with Gasteiger partial charge < -0.3 is 4.74 Å². The van der Waals surface area contributed by atoms with E-state index < -0.39 is 10.8 Å². The fourth-order valence-corrected chi connectivity index (χ4v) is 2.84. The second-order valence-electron chi connectivity index (χ2n) is 6.43. The summed E-state index contributed by atoms with van der Waals surface area (Å²) in [5.41, 5.74) is 5.00. The van der Waals surface area contributed by atoms with E-state index in [-0.39, 0.29) is 11.3 Å². The molecule has 1 amide bonds. The Bertz CT molecular complexity index is 907. The highest BCUT2D eigenvalue weighted by Gasteiger charge is 2.12. The van der Waals surface area contributed by atoms with Crippen molar-refractivity contribution in [2.45, 2.75) is 27.3 Å².